The molecular formula is C23H28F3N5. The number of alkyl halides is 3. The van der Waals surface area contributed by atoms with Gasteiger partial charge in [0.05, 0.1) is 6.54 Å². The smallest absolute Gasteiger partial charge is 0.329 e. The van der Waals surface area contributed by atoms with Gasteiger partial charge in [0.1, 0.15) is 11.6 Å². The molecule has 1 saturated heterocycles. The number of nitrogens with zero attached hydrogens (tertiary/aromatic N) is 5. The van der Waals surface area contributed by atoms with Crippen molar-refractivity contribution in [1.82, 2.24) is 24.0 Å². The molecule has 2 aromatic heterocycles. The Kier molecular flexibility index (Phi) is 6.75. The maximum Gasteiger partial charge on any atom is 0.389 e. The van der Waals surface area contributed by atoms with E-state index in [2.05, 4.69) is 36.1 Å². The highest BCUT2D eigenvalue weighted by molar-refractivity contribution is 5.16. The highest BCUT2D eigenvalue weighted by Crippen LogP contribution is 2.28. The topological polar surface area (TPSA) is 38.9 Å². The first-order valence-corrected chi connectivity index (χ1v) is 10.8. The average Bonchev–Trinajstić information content (AvgIpc) is 3.38. The summed E-state index contributed by atoms with van der Waals surface area (Å²) >= 11 is 0. The molecule has 5 nitrogen and oxygen atoms in total. The Morgan fingerprint density at radius 1 is 0.903 bits per heavy atom. The van der Waals surface area contributed by atoms with Crippen molar-refractivity contribution in [1.29, 1.82) is 0 Å². The van der Waals surface area contributed by atoms with Crippen molar-refractivity contribution in [2.24, 2.45) is 0 Å². The number of hydrogen-bond acceptors (Lipinski definition) is 3. The second-order valence-electron chi connectivity index (χ2n) is 8.20. The van der Waals surface area contributed by atoms with Gasteiger partial charge in [-0.1, -0.05) is 30.3 Å². The normalized spacial score (nSPS) is 16.1. The van der Waals surface area contributed by atoms with Crippen LogP contribution in [0.1, 0.15) is 48.8 Å². The molecule has 0 atom stereocenters. The van der Waals surface area contributed by atoms with Gasteiger partial charge in [-0.3, -0.25) is 0 Å². The molecule has 0 spiro atoms. The van der Waals surface area contributed by atoms with E-state index in [1.807, 2.05) is 43.0 Å². The van der Waals surface area contributed by atoms with Crippen LogP contribution in [0.15, 0.2) is 55.1 Å². The molecule has 0 radical (unpaired) electrons. The third-order valence-corrected chi connectivity index (χ3v) is 5.94. The van der Waals surface area contributed by atoms with Crippen LogP contribution in [0.5, 0.6) is 0 Å². The number of piperidine rings is 1. The van der Waals surface area contributed by atoms with Crippen molar-refractivity contribution in [3.05, 3.63) is 72.3 Å². The molecule has 0 unspecified atom stereocenters. The number of hydrogen-bond donors (Lipinski definition) is 0. The van der Waals surface area contributed by atoms with E-state index in [4.69, 9.17) is 0 Å². The van der Waals surface area contributed by atoms with E-state index in [1.165, 1.54) is 5.56 Å². The Morgan fingerprint density at radius 2 is 1.61 bits per heavy atom. The summed E-state index contributed by atoms with van der Waals surface area (Å²) in [5, 5.41) is 0. The molecule has 0 saturated carbocycles. The van der Waals surface area contributed by atoms with E-state index in [9.17, 15) is 13.2 Å². The Hall–Kier alpha value is -2.61. The second-order valence-corrected chi connectivity index (χ2v) is 8.20. The van der Waals surface area contributed by atoms with Crippen LogP contribution in [0.2, 0.25) is 0 Å². The molecule has 1 fully saturated rings. The molecule has 31 heavy (non-hydrogen) atoms. The summed E-state index contributed by atoms with van der Waals surface area (Å²) in [6.07, 6.45) is 4.90. The number of aromatic nitrogens is 4. The first kappa shape index (κ1) is 21.6. The molecule has 4 rings (SSSR count). The zero-order chi connectivity index (χ0) is 21.7. The van der Waals surface area contributed by atoms with Crippen LogP contribution in [-0.2, 0) is 13.1 Å². The van der Waals surface area contributed by atoms with Crippen LogP contribution in [0, 0.1) is 0 Å². The Balaban J connectivity index is 1.34. The van der Waals surface area contributed by atoms with Gasteiger partial charge in [-0.05, 0) is 44.5 Å². The molecule has 1 aliphatic rings. The van der Waals surface area contributed by atoms with Crippen LogP contribution >= 0.6 is 0 Å². The summed E-state index contributed by atoms with van der Waals surface area (Å²) in [4.78, 5) is 11.3. The van der Waals surface area contributed by atoms with Crippen molar-refractivity contribution in [2.45, 2.75) is 50.9 Å². The predicted octanol–water partition coefficient (Wildman–Crippen LogP) is 4.70. The lowest BCUT2D eigenvalue weighted by Crippen LogP contribution is -2.34. The van der Waals surface area contributed by atoms with E-state index in [-0.39, 0.29) is 6.42 Å². The highest BCUT2D eigenvalue weighted by Gasteiger charge is 2.28. The Morgan fingerprint density at radius 3 is 2.35 bits per heavy atom. The number of likely N-dealkylation sites (tertiary alicyclic amines) is 1. The minimum atomic E-state index is -4.06. The fourth-order valence-corrected chi connectivity index (χ4v) is 4.30. The van der Waals surface area contributed by atoms with Gasteiger partial charge in [0, 0.05) is 43.7 Å². The van der Waals surface area contributed by atoms with E-state index in [0.717, 1.165) is 44.1 Å². The molecule has 3 aromatic rings. The van der Waals surface area contributed by atoms with Crippen LogP contribution in [0.25, 0.3) is 0 Å². The van der Waals surface area contributed by atoms with Gasteiger partial charge in [-0.2, -0.15) is 13.2 Å². The molecule has 0 amide bonds. The molecule has 166 valence electrons. The van der Waals surface area contributed by atoms with Gasteiger partial charge in [0.25, 0.3) is 0 Å². The van der Waals surface area contributed by atoms with Crippen molar-refractivity contribution in [3.8, 4) is 0 Å². The summed E-state index contributed by atoms with van der Waals surface area (Å²) in [6.45, 7) is 3.57. The first-order valence-electron chi connectivity index (χ1n) is 10.8. The fourth-order valence-electron chi connectivity index (χ4n) is 4.30. The number of benzene rings is 1. The highest BCUT2D eigenvalue weighted by atomic mass is 19.4. The lowest BCUT2D eigenvalue weighted by molar-refractivity contribution is -0.136. The lowest BCUT2D eigenvalue weighted by Gasteiger charge is -2.32. The fraction of sp³-hybridized carbons (Fsp3) is 0.478. The number of halogens is 3. The third-order valence-electron chi connectivity index (χ3n) is 5.94. The number of rotatable bonds is 8. The molecule has 3 heterocycles. The van der Waals surface area contributed by atoms with Crippen LogP contribution < -0.4 is 0 Å². The predicted molar refractivity (Wildman–Crippen MR) is 113 cm³/mol. The first-order chi connectivity index (χ1) is 15.0. The molecular weight excluding hydrogens is 403 g/mol. The quantitative estimate of drug-likeness (QED) is 0.519. The van der Waals surface area contributed by atoms with Crippen LogP contribution in [-0.4, -0.2) is 49.8 Å². The summed E-state index contributed by atoms with van der Waals surface area (Å²) in [6, 6.07) is 10.3. The van der Waals surface area contributed by atoms with Crippen molar-refractivity contribution in [3.63, 3.8) is 0 Å². The zero-order valence-corrected chi connectivity index (χ0v) is 17.5. The van der Waals surface area contributed by atoms with Crippen molar-refractivity contribution < 1.29 is 13.2 Å². The Bertz CT molecular complexity index is 940. The monoisotopic (exact) mass is 431 g/mol. The molecule has 1 aromatic carbocycles. The Labute approximate surface area is 180 Å². The number of imidazole rings is 2. The van der Waals surface area contributed by atoms with E-state index in [1.54, 1.807) is 0 Å². The molecule has 8 heteroatoms. The van der Waals surface area contributed by atoms with Gasteiger partial charge in [0.2, 0.25) is 0 Å². The molecule has 1 aliphatic heterocycles. The lowest BCUT2D eigenvalue weighted by atomic mass is 9.95. The SMILES string of the molecule is FC(F)(F)CCCN1CCC(c2nccn2Cc2nccn2Cc2ccccc2)CC1. The van der Waals surface area contributed by atoms with E-state index < -0.39 is 12.6 Å². The minimum Gasteiger partial charge on any atom is -0.329 e. The van der Waals surface area contributed by atoms with Crippen LogP contribution in [0.4, 0.5) is 13.2 Å². The standard InChI is InChI=1S/C23H28F3N5/c24-23(25,26)9-4-12-29-13-7-20(8-14-29)22-28-11-16-31(22)18-21-27-10-15-30(21)17-19-5-2-1-3-6-19/h1-3,5-6,10-11,15-16,20H,4,7-9,12-14,17-18H2. The summed E-state index contributed by atoms with van der Waals surface area (Å²) in [5.41, 5.74) is 1.23. The van der Waals surface area contributed by atoms with Crippen LogP contribution in [0.3, 0.4) is 0 Å². The maximum atomic E-state index is 12.4. The molecule has 0 aliphatic carbocycles. The average molecular weight is 432 g/mol. The zero-order valence-electron chi connectivity index (χ0n) is 17.5. The molecule has 0 bridgehead atoms. The van der Waals surface area contributed by atoms with Gasteiger partial charge in [0.15, 0.2) is 0 Å². The largest absolute Gasteiger partial charge is 0.389 e. The third kappa shape index (κ3) is 5.97. The summed E-state index contributed by atoms with van der Waals surface area (Å²) < 4.78 is 41.4. The van der Waals surface area contributed by atoms with E-state index >= 15 is 0 Å². The summed E-state index contributed by atoms with van der Waals surface area (Å²) in [5.74, 6) is 2.35. The van der Waals surface area contributed by atoms with Gasteiger partial charge >= 0.3 is 6.18 Å². The van der Waals surface area contributed by atoms with Crippen molar-refractivity contribution >= 4 is 0 Å². The minimum absolute atomic E-state index is 0.173. The second kappa shape index (κ2) is 9.68. The van der Waals surface area contributed by atoms with E-state index in [0.29, 0.717) is 19.0 Å². The van der Waals surface area contributed by atoms with Gasteiger partial charge < -0.3 is 14.0 Å². The van der Waals surface area contributed by atoms with Crippen molar-refractivity contribution in [2.75, 3.05) is 19.6 Å². The summed E-state index contributed by atoms with van der Waals surface area (Å²) in [7, 11) is 0. The van der Waals surface area contributed by atoms with Gasteiger partial charge in [-0.25, -0.2) is 9.97 Å². The maximum absolute atomic E-state index is 12.4. The van der Waals surface area contributed by atoms with Gasteiger partial charge in [-0.15, -0.1) is 0 Å². The molecule has 0 N–H and O–H groups in total.